The van der Waals surface area contributed by atoms with E-state index in [1.165, 1.54) is 11.3 Å². The highest BCUT2D eigenvalue weighted by molar-refractivity contribution is 7.21. The maximum absolute atomic E-state index is 13.0. The van der Waals surface area contributed by atoms with Gasteiger partial charge in [0.2, 0.25) is 11.8 Å². The number of nitrogens with zero attached hydrogens (tertiary/aromatic N) is 3. The van der Waals surface area contributed by atoms with Gasteiger partial charge in [-0.05, 0) is 68.5 Å². The summed E-state index contributed by atoms with van der Waals surface area (Å²) in [7, 11) is 0. The molecule has 0 bridgehead atoms. The summed E-state index contributed by atoms with van der Waals surface area (Å²) in [6, 6.07) is 18.4. The average molecular weight is 526 g/mol. The van der Waals surface area contributed by atoms with Gasteiger partial charge in [-0.2, -0.15) is 5.26 Å². The van der Waals surface area contributed by atoms with Gasteiger partial charge in [0.1, 0.15) is 16.1 Å². The Labute approximate surface area is 224 Å². The maximum atomic E-state index is 13.0. The van der Waals surface area contributed by atoms with Crippen LogP contribution in [-0.2, 0) is 16.6 Å². The molecule has 0 atom stereocenters. The Morgan fingerprint density at radius 3 is 2.66 bits per heavy atom. The summed E-state index contributed by atoms with van der Waals surface area (Å²) in [5.74, 6) is 0.810. The van der Waals surface area contributed by atoms with Crippen molar-refractivity contribution in [3.8, 4) is 17.7 Å². The van der Waals surface area contributed by atoms with Crippen molar-refractivity contribution in [2.45, 2.75) is 45.4 Å². The number of nitrogens with one attached hydrogen (secondary N) is 2. The molecule has 2 aromatic carbocycles. The highest BCUT2D eigenvalue weighted by Crippen LogP contribution is 2.34. The van der Waals surface area contributed by atoms with Gasteiger partial charge in [0, 0.05) is 29.3 Å². The molecule has 8 nitrogen and oxygen atoms in total. The number of fused-ring (bicyclic) bond motifs is 1. The molecule has 0 saturated heterocycles. The zero-order chi connectivity index (χ0) is 26.9. The number of hydrogen-bond acceptors (Lipinski definition) is 7. The van der Waals surface area contributed by atoms with Gasteiger partial charge in [-0.3, -0.25) is 9.59 Å². The lowest BCUT2D eigenvalue weighted by molar-refractivity contribution is -0.117. The molecule has 9 heteroatoms. The highest BCUT2D eigenvalue weighted by atomic mass is 32.1. The van der Waals surface area contributed by atoms with Crippen LogP contribution in [0.3, 0.4) is 0 Å². The molecule has 0 aliphatic heterocycles. The molecular formula is C29H27N5O3S. The van der Waals surface area contributed by atoms with Crippen molar-refractivity contribution < 1.29 is 14.3 Å². The molecule has 2 amide bonds. The molecule has 0 spiro atoms. The van der Waals surface area contributed by atoms with E-state index in [4.69, 9.17) is 4.74 Å². The molecule has 1 aliphatic rings. The SMILES string of the molecule is CCc1ccc(NC(=O)c2cccc(C(C)(C)C#N)c2)cc1Oc1ccc2nc(NC(=O)C3CC3)sc2n1. The number of aromatic nitrogens is 2. The van der Waals surface area contributed by atoms with Crippen LogP contribution in [0.1, 0.15) is 55.1 Å². The summed E-state index contributed by atoms with van der Waals surface area (Å²) < 4.78 is 6.15. The van der Waals surface area contributed by atoms with Gasteiger partial charge >= 0.3 is 0 Å². The van der Waals surface area contributed by atoms with E-state index in [1.54, 1.807) is 30.3 Å². The second-order valence-corrected chi connectivity index (χ2v) is 10.8. The van der Waals surface area contributed by atoms with Crippen molar-refractivity contribution in [2.75, 3.05) is 10.6 Å². The summed E-state index contributed by atoms with van der Waals surface area (Å²) in [4.78, 5) is 34.8. The first-order valence-electron chi connectivity index (χ1n) is 12.5. The van der Waals surface area contributed by atoms with Crippen LogP contribution in [-0.4, -0.2) is 21.8 Å². The predicted octanol–water partition coefficient (Wildman–Crippen LogP) is 6.45. The fraction of sp³-hybridized carbons (Fsp3) is 0.276. The minimum absolute atomic E-state index is 0.00693. The van der Waals surface area contributed by atoms with E-state index >= 15 is 0 Å². The number of nitriles is 1. The molecule has 2 N–H and O–H groups in total. The van der Waals surface area contributed by atoms with Gasteiger partial charge in [-0.25, -0.2) is 9.97 Å². The normalized spacial score (nSPS) is 13.1. The van der Waals surface area contributed by atoms with E-state index in [0.717, 1.165) is 30.4 Å². The monoisotopic (exact) mass is 525 g/mol. The van der Waals surface area contributed by atoms with Crippen LogP contribution in [0.4, 0.5) is 10.8 Å². The van der Waals surface area contributed by atoms with E-state index in [-0.39, 0.29) is 17.7 Å². The third-order valence-corrected chi connectivity index (χ3v) is 7.34. The van der Waals surface area contributed by atoms with Gasteiger partial charge in [-0.1, -0.05) is 36.5 Å². The number of thiazole rings is 1. The second-order valence-electron chi connectivity index (χ2n) is 9.81. The van der Waals surface area contributed by atoms with Crippen molar-refractivity contribution in [1.29, 1.82) is 5.26 Å². The third-order valence-electron chi connectivity index (χ3n) is 6.45. The predicted molar refractivity (Wildman–Crippen MR) is 148 cm³/mol. The highest BCUT2D eigenvalue weighted by Gasteiger charge is 2.30. The number of rotatable bonds is 8. The minimum Gasteiger partial charge on any atom is -0.439 e. The van der Waals surface area contributed by atoms with Gasteiger partial charge in [-0.15, -0.1) is 0 Å². The Hall–Kier alpha value is -4.29. The minimum atomic E-state index is -0.699. The van der Waals surface area contributed by atoms with Crippen LogP contribution in [0.25, 0.3) is 10.3 Å². The first kappa shape index (κ1) is 25.4. The van der Waals surface area contributed by atoms with Crippen LogP contribution in [0.2, 0.25) is 0 Å². The number of benzene rings is 2. The number of pyridine rings is 1. The zero-order valence-electron chi connectivity index (χ0n) is 21.4. The molecule has 2 heterocycles. The van der Waals surface area contributed by atoms with Gasteiger partial charge < -0.3 is 15.4 Å². The Balaban J connectivity index is 1.34. The number of ether oxygens (including phenoxy) is 1. The van der Waals surface area contributed by atoms with Crippen molar-refractivity contribution in [2.24, 2.45) is 5.92 Å². The molecule has 2 aromatic heterocycles. The number of anilines is 2. The van der Waals surface area contributed by atoms with E-state index < -0.39 is 5.41 Å². The van der Waals surface area contributed by atoms with Crippen molar-refractivity contribution in [3.05, 3.63) is 71.3 Å². The summed E-state index contributed by atoms with van der Waals surface area (Å²) in [6.45, 7) is 5.66. The Morgan fingerprint density at radius 1 is 1.11 bits per heavy atom. The number of aryl methyl sites for hydroxylation is 1. The van der Waals surface area contributed by atoms with Gasteiger partial charge in [0.15, 0.2) is 5.13 Å². The number of amides is 2. The van der Waals surface area contributed by atoms with E-state index in [2.05, 4.69) is 26.7 Å². The zero-order valence-corrected chi connectivity index (χ0v) is 22.2. The smallest absolute Gasteiger partial charge is 0.255 e. The van der Waals surface area contributed by atoms with Crippen molar-refractivity contribution in [3.63, 3.8) is 0 Å². The summed E-state index contributed by atoms with van der Waals surface area (Å²) >= 11 is 1.31. The quantitative estimate of drug-likeness (QED) is 0.273. The first-order valence-corrected chi connectivity index (χ1v) is 13.3. The van der Waals surface area contributed by atoms with Gasteiger partial charge in [0.25, 0.3) is 5.91 Å². The standard InChI is InChI=1S/C29H27N5O3S/c1-4-17-10-11-21(31-26(36)19-6-5-7-20(14-19)29(2,3)16-30)15-23(17)37-24-13-12-22-27(33-24)38-28(32-22)34-25(35)18-8-9-18/h5-7,10-15,18H,4,8-9H2,1-3H3,(H,31,36)(H,32,34,35). The fourth-order valence-electron chi connectivity index (χ4n) is 3.91. The van der Waals surface area contributed by atoms with Crippen molar-refractivity contribution in [1.82, 2.24) is 9.97 Å². The molecule has 5 rings (SSSR count). The number of carbonyl (C=O) groups excluding carboxylic acids is 2. The summed E-state index contributed by atoms with van der Waals surface area (Å²) in [5, 5.41) is 15.8. The number of carbonyl (C=O) groups is 2. The lowest BCUT2D eigenvalue weighted by Crippen LogP contribution is -2.17. The van der Waals surface area contributed by atoms with Crippen LogP contribution in [0.15, 0.2) is 54.6 Å². The maximum Gasteiger partial charge on any atom is 0.255 e. The van der Waals surface area contributed by atoms with E-state index in [0.29, 0.717) is 38.4 Å². The van der Waals surface area contributed by atoms with E-state index in [1.807, 2.05) is 45.0 Å². The lowest BCUT2D eigenvalue weighted by Gasteiger charge is -2.17. The molecule has 192 valence electrons. The number of hydrogen-bond donors (Lipinski definition) is 2. The second kappa shape index (κ2) is 10.2. The average Bonchev–Trinajstić information content (AvgIpc) is 3.69. The van der Waals surface area contributed by atoms with Crippen LogP contribution in [0, 0.1) is 17.2 Å². The Bertz CT molecular complexity index is 1580. The molecule has 4 aromatic rings. The molecule has 1 saturated carbocycles. The summed E-state index contributed by atoms with van der Waals surface area (Å²) in [6.07, 6.45) is 2.59. The fourth-order valence-corrected chi connectivity index (χ4v) is 4.75. The topological polar surface area (TPSA) is 117 Å². The van der Waals surface area contributed by atoms with Crippen molar-refractivity contribution >= 4 is 44.3 Å². The van der Waals surface area contributed by atoms with E-state index in [9.17, 15) is 14.9 Å². The van der Waals surface area contributed by atoms with Crippen LogP contribution < -0.4 is 15.4 Å². The molecule has 38 heavy (non-hydrogen) atoms. The molecule has 1 aliphatic carbocycles. The largest absolute Gasteiger partial charge is 0.439 e. The van der Waals surface area contributed by atoms with Crippen LogP contribution >= 0.6 is 11.3 Å². The molecule has 0 radical (unpaired) electrons. The van der Waals surface area contributed by atoms with Gasteiger partial charge in [0.05, 0.1) is 11.5 Å². The molecule has 0 unspecified atom stereocenters. The summed E-state index contributed by atoms with van der Waals surface area (Å²) in [5.41, 5.74) is 2.77. The third kappa shape index (κ3) is 5.50. The first-order chi connectivity index (χ1) is 18.3. The Morgan fingerprint density at radius 2 is 1.92 bits per heavy atom. The molecular weight excluding hydrogens is 498 g/mol. The lowest BCUT2D eigenvalue weighted by atomic mass is 9.85. The van der Waals surface area contributed by atoms with Crippen LogP contribution in [0.5, 0.6) is 11.6 Å². The molecule has 1 fully saturated rings. The Kier molecular flexibility index (Phi) is 6.83.